The number of carbonyl (C=O) groups excluding carboxylic acids is 1. The maximum Gasteiger partial charge on any atom is 0.406 e. The molecule has 0 bridgehead atoms. The summed E-state index contributed by atoms with van der Waals surface area (Å²) < 4.78 is 6.36. The highest BCUT2D eigenvalue weighted by Gasteiger charge is 2.30. The largest absolute Gasteiger partial charge is 0.458 e. The van der Waals surface area contributed by atoms with Crippen LogP contribution in [0.3, 0.4) is 0 Å². The van der Waals surface area contributed by atoms with Gasteiger partial charge in [0, 0.05) is 12.1 Å². The van der Waals surface area contributed by atoms with Gasteiger partial charge < -0.3 is 4.74 Å². The van der Waals surface area contributed by atoms with Gasteiger partial charge in [-0.2, -0.15) is 5.26 Å². The highest BCUT2D eigenvalue weighted by molar-refractivity contribution is 5.87. The van der Waals surface area contributed by atoms with Crippen molar-refractivity contribution in [3.8, 4) is 11.8 Å². The van der Waals surface area contributed by atoms with Crippen molar-refractivity contribution >= 4 is 5.97 Å². The summed E-state index contributed by atoms with van der Waals surface area (Å²) in [4.78, 5) is 24.1. The molecule has 0 aliphatic carbocycles. The van der Waals surface area contributed by atoms with E-state index in [2.05, 4.69) is 5.10 Å². The molecular formula is C15H14N3O3+. The van der Waals surface area contributed by atoms with Gasteiger partial charge in [0.1, 0.15) is 11.6 Å². The summed E-state index contributed by atoms with van der Waals surface area (Å²) in [6.45, 7) is 3.45. The molecule has 0 aliphatic heterocycles. The highest BCUT2D eigenvalue weighted by Crippen LogP contribution is 2.09. The topological polar surface area (TPSA) is 86.8 Å². The minimum absolute atomic E-state index is 0.0924. The summed E-state index contributed by atoms with van der Waals surface area (Å²) in [5, 5.41) is 11.6. The van der Waals surface area contributed by atoms with E-state index in [-0.39, 0.29) is 17.9 Å². The molecule has 1 aromatic carbocycles. The quantitative estimate of drug-likeness (QED) is 0.673. The first-order valence-electron chi connectivity index (χ1n) is 6.41. The van der Waals surface area contributed by atoms with Crippen molar-refractivity contribution in [3.63, 3.8) is 0 Å². The Kier molecular flexibility index (Phi) is 4.14. The summed E-state index contributed by atoms with van der Waals surface area (Å²) in [5.74, 6) is -0.591. The molecule has 0 fully saturated rings. The number of nitrogens with zero attached hydrogens (tertiary/aromatic N) is 2. The number of H-pyrrole nitrogens is 1. The number of nitrogens with one attached hydrogen (secondary N) is 1. The van der Waals surface area contributed by atoms with E-state index in [1.165, 1.54) is 4.68 Å². The smallest absolute Gasteiger partial charge is 0.406 e. The molecule has 0 amide bonds. The fraction of sp³-hybridized carbons (Fsp3) is 0.200. The zero-order valence-electron chi connectivity index (χ0n) is 11.7. The molecule has 0 aliphatic rings. The molecule has 0 radical (unpaired) electrons. The van der Waals surface area contributed by atoms with Crippen LogP contribution in [0.2, 0.25) is 0 Å². The van der Waals surface area contributed by atoms with Crippen LogP contribution in [-0.2, 0) is 4.74 Å². The second-order valence-corrected chi connectivity index (χ2v) is 4.29. The van der Waals surface area contributed by atoms with E-state index in [0.717, 1.165) is 0 Å². The van der Waals surface area contributed by atoms with Crippen LogP contribution in [0.4, 0.5) is 0 Å². The van der Waals surface area contributed by atoms with E-state index in [1.54, 1.807) is 38.1 Å². The van der Waals surface area contributed by atoms with Gasteiger partial charge in [-0.15, -0.1) is 5.10 Å². The second kappa shape index (κ2) is 6.01. The van der Waals surface area contributed by atoms with Crippen LogP contribution in [0.1, 0.15) is 28.5 Å². The highest BCUT2D eigenvalue weighted by atomic mass is 16.5. The average molecular weight is 284 g/mol. The molecule has 1 aromatic heterocycles. The Morgan fingerprint density at radius 1 is 1.38 bits per heavy atom. The molecule has 106 valence electrons. The lowest BCUT2D eigenvalue weighted by atomic mass is 10.1. The Bertz CT molecular complexity index is 773. The molecule has 0 atom stereocenters. The summed E-state index contributed by atoms with van der Waals surface area (Å²) in [7, 11) is 0. The molecule has 21 heavy (non-hydrogen) atoms. The van der Waals surface area contributed by atoms with Crippen molar-refractivity contribution in [1.82, 2.24) is 5.10 Å². The minimum Gasteiger partial charge on any atom is -0.458 e. The number of carbonyl (C=O) groups is 1. The Hall–Kier alpha value is -2.94. The van der Waals surface area contributed by atoms with Crippen LogP contribution in [0.25, 0.3) is 5.69 Å². The molecule has 2 aromatic rings. The third-order valence-electron chi connectivity index (χ3n) is 2.99. The molecule has 6 heteroatoms. The van der Waals surface area contributed by atoms with E-state index in [4.69, 9.17) is 10.00 Å². The van der Waals surface area contributed by atoms with Gasteiger partial charge in [0.2, 0.25) is 5.69 Å². The number of para-hydroxylation sites is 1. The van der Waals surface area contributed by atoms with Crippen molar-refractivity contribution < 1.29 is 14.2 Å². The van der Waals surface area contributed by atoms with Gasteiger partial charge in [-0.3, -0.25) is 4.79 Å². The van der Waals surface area contributed by atoms with Crippen LogP contribution < -0.4 is 10.2 Å². The number of hydrogen-bond acceptors (Lipinski definition) is 4. The van der Waals surface area contributed by atoms with Gasteiger partial charge in [-0.05, 0) is 13.8 Å². The molecule has 1 heterocycles. The van der Waals surface area contributed by atoms with E-state index in [0.29, 0.717) is 11.3 Å². The first-order chi connectivity index (χ1) is 10.1. The van der Waals surface area contributed by atoms with Crippen molar-refractivity contribution in [1.29, 1.82) is 5.26 Å². The maximum absolute atomic E-state index is 12.2. The molecule has 0 spiro atoms. The zero-order valence-corrected chi connectivity index (χ0v) is 11.7. The van der Waals surface area contributed by atoms with Gasteiger partial charge in [-0.25, -0.2) is 4.79 Å². The number of esters is 1. The normalized spacial score (nSPS) is 9.95. The van der Waals surface area contributed by atoms with Crippen molar-refractivity contribution in [3.05, 3.63) is 57.5 Å². The van der Waals surface area contributed by atoms with E-state index in [1.807, 2.05) is 12.1 Å². The minimum atomic E-state index is -0.591. The molecule has 0 saturated heterocycles. The number of hydrogen-bond donors (Lipinski definition) is 1. The molecular weight excluding hydrogens is 270 g/mol. The number of rotatable bonds is 3. The fourth-order valence-electron chi connectivity index (χ4n) is 2.02. The summed E-state index contributed by atoms with van der Waals surface area (Å²) in [5.41, 5.74) is 0.394. The van der Waals surface area contributed by atoms with Gasteiger partial charge in [-0.1, -0.05) is 22.9 Å². The summed E-state index contributed by atoms with van der Waals surface area (Å²) in [6, 6.07) is 10.7. The maximum atomic E-state index is 12.2. The molecule has 0 saturated carbocycles. The fourth-order valence-corrected chi connectivity index (χ4v) is 2.02. The van der Waals surface area contributed by atoms with Crippen LogP contribution in [0.5, 0.6) is 0 Å². The molecule has 6 nitrogen and oxygen atoms in total. The Morgan fingerprint density at radius 2 is 2.05 bits per heavy atom. The first kappa shape index (κ1) is 14.5. The third kappa shape index (κ3) is 2.67. The second-order valence-electron chi connectivity index (χ2n) is 4.29. The Labute approximate surface area is 121 Å². The van der Waals surface area contributed by atoms with Crippen LogP contribution in [-0.4, -0.2) is 17.7 Å². The zero-order chi connectivity index (χ0) is 15.4. The number of aromatic nitrogens is 2. The monoisotopic (exact) mass is 284 g/mol. The lowest BCUT2D eigenvalue weighted by molar-refractivity contribution is -0.664. The van der Waals surface area contributed by atoms with Crippen LogP contribution >= 0.6 is 0 Å². The van der Waals surface area contributed by atoms with Crippen molar-refractivity contribution in [2.24, 2.45) is 0 Å². The summed E-state index contributed by atoms with van der Waals surface area (Å²) >= 11 is 0. The number of benzene rings is 1. The summed E-state index contributed by atoms with van der Waals surface area (Å²) in [6.07, 6.45) is 0. The molecule has 0 unspecified atom stereocenters. The number of ether oxygens (including phenoxy) is 1. The number of nitriles is 1. The van der Waals surface area contributed by atoms with Gasteiger partial charge in [0.15, 0.2) is 0 Å². The molecule has 1 N–H and O–H groups in total. The average Bonchev–Trinajstić information content (AvgIpc) is 2.48. The Morgan fingerprint density at radius 3 is 2.62 bits per heavy atom. The van der Waals surface area contributed by atoms with E-state index < -0.39 is 11.5 Å². The number of aromatic amines is 1. The third-order valence-corrected chi connectivity index (χ3v) is 2.99. The van der Waals surface area contributed by atoms with Crippen LogP contribution in [0, 0.1) is 18.3 Å². The Balaban J connectivity index is 2.79. The van der Waals surface area contributed by atoms with Gasteiger partial charge in [0.05, 0.1) is 12.2 Å². The molecule has 2 rings (SSSR count). The van der Waals surface area contributed by atoms with E-state index >= 15 is 0 Å². The van der Waals surface area contributed by atoms with Gasteiger partial charge >= 0.3 is 17.2 Å². The predicted molar refractivity (Wildman–Crippen MR) is 74.0 cm³/mol. The van der Waals surface area contributed by atoms with Crippen molar-refractivity contribution in [2.45, 2.75) is 13.8 Å². The standard InChI is InChI=1S/C15H13N3O3/c1-3-21-15(20)13-10(2)12(9-16)14(19)17-18(13)11-7-5-4-6-8-11/h4-8H,3H2,1-2H3/p+1. The van der Waals surface area contributed by atoms with Crippen molar-refractivity contribution in [2.75, 3.05) is 6.61 Å². The SMILES string of the molecule is CCOC(=O)c1c(C)c(C#N)c(=O)[nH][n+]1-c1ccccc1. The van der Waals surface area contributed by atoms with Gasteiger partial charge in [0.25, 0.3) is 0 Å². The lowest BCUT2D eigenvalue weighted by Gasteiger charge is -2.05. The van der Waals surface area contributed by atoms with E-state index in [9.17, 15) is 9.59 Å². The lowest BCUT2D eigenvalue weighted by Crippen LogP contribution is -2.48. The predicted octanol–water partition coefficient (Wildman–Crippen LogP) is 1.01. The van der Waals surface area contributed by atoms with Crippen LogP contribution in [0.15, 0.2) is 35.1 Å². The first-order valence-corrected chi connectivity index (χ1v) is 6.41.